The van der Waals surface area contributed by atoms with Gasteiger partial charge in [-0.2, -0.15) is 0 Å². The van der Waals surface area contributed by atoms with E-state index in [1.54, 1.807) is 24.3 Å². The van der Waals surface area contributed by atoms with E-state index in [1.165, 1.54) is 0 Å². The van der Waals surface area contributed by atoms with Crippen molar-refractivity contribution in [2.45, 2.75) is 12.6 Å². The molecular formula is C20H20N2O5. The normalized spacial score (nSPS) is 16.2. The molecule has 0 aliphatic carbocycles. The van der Waals surface area contributed by atoms with Crippen LogP contribution in [0.1, 0.15) is 26.3 Å². The average Bonchev–Trinajstić information content (AvgIpc) is 3.20. The molecule has 0 fully saturated rings. The summed E-state index contributed by atoms with van der Waals surface area (Å²) in [5.74, 6) is 0.737. The van der Waals surface area contributed by atoms with Crippen LogP contribution in [-0.2, 0) is 6.54 Å². The summed E-state index contributed by atoms with van der Waals surface area (Å²) in [4.78, 5) is 27.8. The van der Waals surface area contributed by atoms with Gasteiger partial charge in [-0.15, -0.1) is 0 Å². The van der Waals surface area contributed by atoms with Gasteiger partial charge in [0.2, 0.25) is 6.79 Å². The third-order valence-electron chi connectivity index (χ3n) is 4.68. The predicted molar refractivity (Wildman–Crippen MR) is 96.7 cm³/mol. The second-order valence-corrected chi connectivity index (χ2v) is 6.80. The number of β-amino-alcohol motifs (C(OH)–C–C–N with tert-alkyl or cyclic N) is 1. The number of rotatable bonds is 6. The number of hydrogen-bond acceptors (Lipinski definition) is 6. The number of aliphatic hydroxyl groups excluding tert-OH is 1. The summed E-state index contributed by atoms with van der Waals surface area (Å²) in [5, 5.41) is 10.4. The molecule has 1 unspecified atom stereocenters. The fourth-order valence-corrected chi connectivity index (χ4v) is 3.45. The molecule has 140 valence electrons. The van der Waals surface area contributed by atoms with Gasteiger partial charge in [0.25, 0.3) is 11.8 Å². The first-order valence-electron chi connectivity index (χ1n) is 8.73. The zero-order valence-electron chi connectivity index (χ0n) is 14.9. The molecule has 7 nitrogen and oxygen atoms in total. The van der Waals surface area contributed by atoms with Crippen molar-refractivity contribution in [2.24, 2.45) is 0 Å². The molecule has 2 aliphatic heterocycles. The zero-order valence-corrected chi connectivity index (χ0v) is 14.9. The first-order chi connectivity index (χ1) is 13.0. The van der Waals surface area contributed by atoms with E-state index in [0.717, 1.165) is 16.2 Å². The molecule has 0 saturated carbocycles. The van der Waals surface area contributed by atoms with Gasteiger partial charge in [-0.1, -0.05) is 18.2 Å². The van der Waals surface area contributed by atoms with E-state index in [-0.39, 0.29) is 25.2 Å². The third kappa shape index (κ3) is 3.39. The highest BCUT2D eigenvalue weighted by Gasteiger charge is 2.36. The zero-order chi connectivity index (χ0) is 19.0. The molecule has 7 heteroatoms. The summed E-state index contributed by atoms with van der Waals surface area (Å²) in [6, 6.07) is 12.4. The van der Waals surface area contributed by atoms with E-state index in [0.29, 0.717) is 30.0 Å². The van der Waals surface area contributed by atoms with Crippen LogP contribution in [0.15, 0.2) is 42.5 Å². The number of imide groups is 1. The molecule has 2 aromatic carbocycles. The predicted octanol–water partition coefficient (Wildman–Crippen LogP) is 1.50. The smallest absolute Gasteiger partial charge is 0.261 e. The number of aliphatic hydroxyl groups is 1. The Morgan fingerprint density at radius 3 is 2.44 bits per heavy atom. The number of hydrogen-bond donors (Lipinski definition) is 1. The maximum absolute atomic E-state index is 12.4. The summed E-state index contributed by atoms with van der Waals surface area (Å²) >= 11 is 0. The number of carbonyl (C=O) groups excluding carboxylic acids is 2. The maximum atomic E-state index is 12.4. The van der Waals surface area contributed by atoms with Crippen molar-refractivity contribution < 1.29 is 24.2 Å². The molecule has 2 amide bonds. The molecule has 0 spiro atoms. The Labute approximate surface area is 156 Å². The Morgan fingerprint density at radius 2 is 1.74 bits per heavy atom. The summed E-state index contributed by atoms with van der Waals surface area (Å²) < 4.78 is 10.7. The molecule has 2 aromatic rings. The van der Waals surface area contributed by atoms with Gasteiger partial charge in [0.1, 0.15) is 0 Å². The van der Waals surface area contributed by atoms with Crippen molar-refractivity contribution in [1.29, 1.82) is 0 Å². The summed E-state index contributed by atoms with van der Waals surface area (Å²) in [6.07, 6.45) is -0.841. The minimum atomic E-state index is -0.841. The van der Waals surface area contributed by atoms with Crippen molar-refractivity contribution in [3.8, 4) is 11.5 Å². The summed E-state index contributed by atoms with van der Waals surface area (Å²) in [5.41, 5.74) is 1.81. The highest BCUT2D eigenvalue weighted by atomic mass is 16.7. The molecular weight excluding hydrogens is 348 g/mol. The first-order valence-corrected chi connectivity index (χ1v) is 8.73. The SMILES string of the molecule is CN(Cc1ccc2c(c1)OCO2)CC(O)CN1C(=O)c2ccccc2C1=O. The number of likely N-dealkylation sites (N-methyl/N-ethyl adjacent to an activating group) is 1. The quantitative estimate of drug-likeness (QED) is 0.779. The molecule has 4 rings (SSSR count). The highest BCUT2D eigenvalue weighted by molar-refractivity contribution is 6.21. The van der Waals surface area contributed by atoms with Gasteiger partial charge < -0.3 is 14.6 Å². The van der Waals surface area contributed by atoms with Crippen LogP contribution in [0.2, 0.25) is 0 Å². The lowest BCUT2D eigenvalue weighted by molar-refractivity contribution is 0.0488. The van der Waals surface area contributed by atoms with Crippen LogP contribution in [-0.4, -0.2) is 59.8 Å². The van der Waals surface area contributed by atoms with Gasteiger partial charge in [0, 0.05) is 13.1 Å². The van der Waals surface area contributed by atoms with Crippen LogP contribution in [0.5, 0.6) is 11.5 Å². The molecule has 0 bridgehead atoms. The Morgan fingerprint density at radius 1 is 1.07 bits per heavy atom. The monoisotopic (exact) mass is 368 g/mol. The van der Waals surface area contributed by atoms with Crippen LogP contribution < -0.4 is 9.47 Å². The van der Waals surface area contributed by atoms with E-state index in [4.69, 9.17) is 9.47 Å². The van der Waals surface area contributed by atoms with Gasteiger partial charge in [-0.3, -0.25) is 19.4 Å². The van der Waals surface area contributed by atoms with E-state index in [1.807, 2.05) is 30.1 Å². The molecule has 2 heterocycles. The van der Waals surface area contributed by atoms with Crippen LogP contribution >= 0.6 is 0 Å². The standard InChI is InChI=1S/C20H20N2O5/c1-21(9-13-6-7-17-18(8-13)27-12-26-17)10-14(23)11-22-19(24)15-4-2-3-5-16(15)20(22)25/h2-8,14,23H,9-12H2,1H3. The van der Waals surface area contributed by atoms with Gasteiger partial charge in [0.15, 0.2) is 11.5 Å². The Hall–Kier alpha value is -2.90. The minimum absolute atomic E-state index is 0.0299. The van der Waals surface area contributed by atoms with Gasteiger partial charge in [-0.25, -0.2) is 0 Å². The molecule has 2 aliphatic rings. The third-order valence-corrected chi connectivity index (χ3v) is 4.68. The van der Waals surface area contributed by atoms with Crippen LogP contribution in [0, 0.1) is 0 Å². The largest absolute Gasteiger partial charge is 0.454 e. The average molecular weight is 368 g/mol. The van der Waals surface area contributed by atoms with E-state index in [9.17, 15) is 14.7 Å². The van der Waals surface area contributed by atoms with Gasteiger partial charge in [-0.05, 0) is 36.9 Å². The highest BCUT2D eigenvalue weighted by Crippen LogP contribution is 2.32. The molecule has 1 atom stereocenters. The molecule has 27 heavy (non-hydrogen) atoms. The van der Waals surface area contributed by atoms with Crippen LogP contribution in [0.25, 0.3) is 0 Å². The van der Waals surface area contributed by atoms with Gasteiger partial charge >= 0.3 is 0 Å². The lowest BCUT2D eigenvalue weighted by Crippen LogP contribution is -2.41. The Kier molecular flexibility index (Phi) is 4.55. The fraction of sp³-hybridized carbons (Fsp3) is 0.300. The van der Waals surface area contributed by atoms with Crippen molar-refractivity contribution in [1.82, 2.24) is 9.80 Å². The number of fused-ring (bicyclic) bond motifs is 2. The van der Waals surface area contributed by atoms with Crippen molar-refractivity contribution >= 4 is 11.8 Å². The number of carbonyl (C=O) groups is 2. The Bertz CT molecular complexity index is 863. The fourth-order valence-electron chi connectivity index (χ4n) is 3.45. The summed E-state index contributed by atoms with van der Waals surface area (Å²) in [6.45, 7) is 1.11. The van der Waals surface area contributed by atoms with Crippen molar-refractivity contribution in [3.05, 3.63) is 59.2 Å². The molecule has 0 radical (unpaired) electrons. The van der Waals surface area contributed by atoms with Crippen LogP contribution in [0.3, 0.4) is 0 Å². The van der Waals surface area contributed by atoms with Crippen LogP contribution in [0.4, 0.5) is 0 Å². The lowest BCUT2D eigenvalue weighted by atomic mass is 10.1. The molecule has 0 saturated heterocycles. The van der Waals surface area contributed by atoms with E-state index >= 15 is 0 Å². The minimum Gasteiger partial charge on any atom is -0.454 e. The molecule has 1 N–H and O–H groups in total. The van der Waals surface area contributed by atoms with E-state index < -0.39 is 6.10 Å². The second kappa shape index (κ2) is 7.02. The van der Waals surface area contributed by atoms with Gasteiger partial charge in [0.05, 0.1) is 23.8 Å². The topological polar surface area (TPSA) is 79.3 Å². The van der Waals surface area contributed by atoms with Crippen molar-refractivity contribution in [3.63, 3.8) is 0 Å². The maximum Gasteiger partial charge on any atom is 0.261 e. The van der Waals surface area contributed by atoms with E-state index in [2.05, 4.69) is 0 Å². The number of benzene rings is 2. The number of amides is 2. The second-order valence-electron chi connectivity index (χ2n) is 6.80. The lowest BCUT2D eigenvalue weighted by Gasteiger charge is -2.23. The summed E-state index contributed by atoms with van der Waals surface area (Å²) in [7, 11) is 1.87. The number of ether oxygens (including phenoxy) is 2. The molecule has 0 aromatic heterocycles. The van der Waals surface area contributed by atoms with Crippen molar-refractivity contribution in [2.75, 3.05) is 26.9 Å². The first kappa shape index (κ1) is 17.5. The number of nitrogens with zero attached hydrogens (tertiary/aromatic N) is 2. The Balaban J connectivity index is 1.35.